The van der Waals surface area contributed by atoms with Gasteiger partial charge >= 0.3 is 5.97 Å². The van der Waals surface area contributed by atoms with E-state index in [2.05, 4.69) is 4.74 Å². The summed E-state index contributed by atoms with van der Waals surface area (Å²) in [7, 11) is 1.09. The number of carbonyl (C=O) groups excluding carboxylic acids is 1. The summed E-state index contributed by atoms with van der Waals surface area (Å²) in [6, 6.07) is 0. The van der Waals surface area contributed by atoms with E-state index in [-0.39, 0.29) is 6.42 Å². The molecule has 0 amide bonds. The van der Waals surface area contributed by atoms with Crippen molar-refractivity contribution in [3.8, 4) is 0 Å². The summed E-state index contributed by atoms with van der Waals surface area (Å²) in [5.41, 5.74) is -0.545. The first-order valence-corrected chi connectivity index (χ1v) is 5.89. The van der Waals surface area contributed by atoms with E-state index in [0.717, 1.165) is 7.11 Å². The van der Waals surface area contributed by atoms with Crippen molar-refractivity contribution in [3.63, 3.8) is 0 Å². The molecule has 1 rings (SSSR count). The third-order valence-electron chi connectivity index (χ3n) is 2.87. The van der Waals surface area contributed by atoms with Crippen LogP contribution in [-0.2, 0) is 19.0 Å². The normalized spacial score (nSPS) is 17.6. The highest BCUT2D eigenvalue weighted by molar-refractivity contribution is 5.88. The van der Waals surface area contributed by atoms with Gasteiger partial charge < -0.3 is 14.2 Å². The molecule has 1 fully saturated rings. The van der Waals surface area contributed by atoms with E-state index < -0.39 is 23.4 Å². The standard InChI is InChI=1S/C12H18F2O4/c1-12(17-7-8-18-12)6-4-3-5-9(10(13)14)11(15)16-2/h3-8H2,1-2H3. The summed E-state index contributed by atoms with van der Waals surface area (Å²) < 4.78 is 40.0. The molecule has 4 nitrogen and oxygen atoms in total. The number of methoxy groups -OCH3 is 1. The van der Waals surface area contributed by atoms with E-state index in [1.165, 1.54) is 0 Å². The van der Waals surface area contributed by atoms with Crippen LogP contribution in [0.5, 0.6) is 0 Å². The maximum atomic E-state index is 12.5. The van der Waals surface area contributed by atoms with Crippen LogP contribution in [0.4, 0.5) is 8.78 Å². The number of rotatable bonds is 6. The molecule has 0 spiro atoms. The molecule has 0 aliphatic carbocycles. The van der Waals surface area contributed by atoms with Crippen molar-refractivity contribution in [1.29, 1.82) is 0 Å². The van der Waals surface area contributed by atoms with Crippen LogP contribution in [0.2, 0.25) is 0 Å². The SMILES string of the molecule is COC(=O)C(CCCCC1(C)OCCO1)=C(F)F. The molecule has 6 heteroatoms. The first-order chi connectivity index (χ1) is 8.48. The second-order valence-electron chi connectivity index (χ2n) is 4.27. The van der Waals surface area contributed by atoms with Crippen LogP contribution >= 0.6 is 0 Å². The summed E-state index contributed by atoms with van der Waals surface area (Å²) in [5, 5.41) is 0. The van der Waals surface area contributed by atoms with Crippen LogP contribution < -0.4 is 0 Å². The highest BCUT2D eigenvalue weighted by atomic mass is 19.3. The van der Waals surface area contributed by atoms with Gasteiger partial charge in [-0.1, -0.05) is 0 Å². The molecule has 18 heavy (non-hydrogen) atoms. The average molecular weight is 264 g/mol. The Labute approximate surface area is 105 Å². The van der Waals surface area contributed by atoms with E-state index in [0.29, 0.717) is 32.5 Å². The molecule has 0 radical (unpaired) electrons. The first kappa shape index (κ1) is 15.0. The fourth-order valence-electron chi connectivity index (χ4n) is 1.85. The molecule has 0 aromatic heterocycles. The van der Waals surface area contributed by atoms with Crippen molar-refractivity contribution in [1.82, 2.24) is 0 Å². The lowest BCUT2D eigenvalue weighted by Gasteiger charge is -2.21. The molecule has 0 N–H and O–H groups in total. The van der Waals surface area contributed by atoms with Crippen molar-refractivity contribution < 1.29 is 27.8 Å². The predicted octanol–water partition coefficient (Wildman–Crippen LogP) is 2.63. The van der Waals surface area contributed by atoms with Gasteiger partial charge in [-0.2, -0.15) is 8.78 Å². The van der Waals surface area contributed by atoms with Gasteiger partial charge in [-0.15, -0.1) is 0 Å². The van der Waals surface area contributed by atoms with Crippen LogP contribution in [0.15, 0.2) is 11.7 Å². The smallest absolute Gasteiger partial charge is 0.339 e. The predicted molar refractivity (Wildman–Crippen MR) is 60.0 cm³/mol. The molecule has 0 aromatic rings. The van der Waals surface area contributed by atoms with E-state index >= 15 is 0 Å². The minimum Gasteiger partial charge on any atom is -0.466 e. The minimum atomic E-state index is -1.97. The number of ether oxygens (including phenoxy) is 3. The summed E-state index contributed by atoms with van der Waals surface area (Å²) in [5.74, 6) is -1.57. The van der Waals surface area contributed by atoms with E-state index in [1.54, 1.807) is 0 Å². The van der Waals surface area contributed by atoms with Gasteiger partial charge in [-0.05, 0) is 26.2 Å². The van der Waals surface area contributed by atoms with Gasteiger partial charge in [0.25, 0.3) is 6.08 Å². The second kappa shape index (κ2) is 6.80. The molecule has 0 bridgehead atoms. The van der Waals surface area contributed by atoms with Crippen molar-refractivity contribution in [2.75, 3.05) is 20.3 Å². The van der Waals surface area contributed by atoms with Crippen molar-refractivity contribution in [3.05, 3.63) is 11.7 Å². The number of carbonyl (C=O) groups is 1. The molecule has 104 valence electrons. The topological polar surface area (TPSA) is 44.8 Å². The Morgan fingerprint density at radius 2 is 1.89 bits per heavy atom. The fraction of sp³-hybridized carbons (Fsp3) is 0.750. The number of halogens is 2. The summed E-state index contributed by atoms with van der Waals surface area (Å²) in [6.07, 6.45) is -0.240. The average Bonchev–Trinajstić information content (AvgIpc) is 2.75. The molecule has 1 aliphatic rings. The molecule has 0 atom stereocenters. The van der Waals surface area contributed by atoms with E-state index in [1.807, 2.05) is 6.92 Å². The van der Waals surface area contributed by atoms with Gasteiger partial charge in [0.15, 0.2) is 5.79 Å². The summed E-state index contributed by atoms with van der Waals surface area (Å²) >= 11 is 0. The quantitative estimate of drug-likeness (QED) is 0.420. The number of hydrogen-bond acceptors (Lipinski definition) is 4. The lowest BCUT2D eigenvalue weighted by atomic mass is 10.1. The number of hydrogen-bond donors (Lipinski definition) is 0. The maximum Gasteiger partial charge on any atom is 0.339 e. The van der Waals surface area contributed by atoms with Crippen LogP contribution in [-0.4, -0.2) is 32.1 Å². The molecule has 0 unspecified atom stereocenters. The van der Waals surface area contributed by atoms with Crippen LogP contribution in [0.3, 0.4) is 0 Å². The molecule has 1 saturated heterocycles. The highest BCUT2D eigenvalue weighted by Crippen LogP contribution is 2.26. The third-order valence-corrected chi connectivity index (χ3v) is 2.87. The third kappa shape index (κ3) is 4.34. The highest BCUT2D eigenvalue weighted by Gasteiger charge is 2.30. The molecule has 0 aromatic carbocycles. The van der Waals surface area contributed by atoms with E-state index in [4.69, 9.17) is 9.47 Å². The van der Waals surface area contributed by atoms with Gasteiger partial charge in [0.2, 0.25) is 0 Å². The lowest BCUT2D eigenvalue weighted by Crippen LogP contribution is -2.25. The van der Waals surface area contributed by atoms with Gasteiger partial charge in [0.1, 0.15) is 5.57 Å². The van der Waals surface area contributed by atoms with Crippen molar-refractivity contribution in [2.24, 2.45) is 0 Å². The van der Waals surface area contributed by atoms with E-state index in [9.17, 15) is 13.6 Å². The maximum absolute atomic E-state index is 12.5. The minimum absolute atomic E-state index is 0.00505. The zero-order valence-electron chi connectivity index (χ0n) is 10.6. The molecule has 1 heterocycles. The molecular weight excluding hydrogens is 246 g/mol. The van der Waals surface area contributed by atoms with Crippen molar-refractivity contribution >= 4 is 5.97 Å². The van der Waals surface area contributed by atoms with Crippen LogP contribution in [0.25, 0.3) is 0 Å². The first-order valence-electron chi connectivity index (χ1n) is 5.89. The largest absolute Gasteiger partial charge is 0.466 e. The molecular formula is C12H18F2O4. The Bertz CT molecular complexity index is 318. The van der Waals surface area contributed by atoms with Crippen LogP contribution in [0, 0.1) is 0 Å². The summed E-state index contributed by atoms with van der Waals surface area (Å²) in [6.45, 7) is 2.94. The molecule has 1 aliphatic heterocycles. The Balaban J connectivity index is 2.32. The zero-order chi connectivity index (χ0) is 13.6. The van der Waals surface area contributed by atoms with Gasteiger partial charge in [0.05, 0.1) is 20.3 Å². The zero-order valence-corrected chi connectivity index (χ0v) is 10.6. The lowest BCUT2D eigenvalue weighted by molar-refractivity contribution is -0.147. The second-order valence-corrected chi connectivity index (χ2v) is 4.27. The number of unbranched alkanes of at least 4 members (excludes halogenated alkanes) is 1. The molecule has 0 saturated carbocycles. The Hall–Kier alpha value is -1.01. The van der Waals surface area contributed by atoms with Crippen LogP contribution in [0.1, 0.15) is 32.6 Å². The monoisotopic (exact) mass is 264 g/mol. The van der Waals surface area contributed by atoms with Gasteiger partial charge in [0, 0.05) is 6.42 Å². The Kier molecular flexibility index (Phi) is 5.68. The number of esters is 1. The van der Waals surface area contributed by atoms with Gasteiger partial charge in [-0.3, -0.25) is 0 Å². The van der Waals surface area contributed by atoms with Crippen molar-refractivity contribution in [2.45, 2.75) is 38.4 Å². The summed E-state index contributed by atoms with van der Waals surface area (Å²) in [4.78, 5) is 11.1. The Morgan fingerprint density at radius 3 is 2.39 bits per heavy atom. The fourth-order valence-corrected chi connectivity index (χ4v) is 1.85. The van der Waals surface area contributed by atoms with Gasteiger partial charge in [-0.25, -0.2) is 4.79 Å². The Morgan fingerprint density at radius 1 is 1.28 bits per heavy atom.